The van der Waals surface area contributed by atoms with Crippen molar-refractivity contribution in [2.45, 2.75) is 38.5 Å². The number of furan rings is 1. The third kappa shape index (κ3) is 3.87. The van der Waals surface area contributed by atoms with Gasteiger partial charge in [0, 0.05) is 16.6 Å². The summed E-state index contributed by atoms with van der Waals surface area (Å²) in [5.41, 5.74) is 2.62. The second-order valence-corrected chi connectivity index (χ2v) is 8.04. The first-order valence-corrected chi connectivity index (χ1v) is 9.96. The fraction of sp³-hybridized carbons (Fsp3) is 0.529. The normalized spacial score (nSPS) is 16.7. The quantitative estimate of drug-likeness (QED) is 0.847. The maximum Gasteiger partial charge on any atom is 0.232 e. The van der Waals surface area contributed by atoms with Crippen LogP contribution in [-0.2, 0) is 10.0 Å². The van der Waals surface area contributed by atoms with Crippen molar-refractivity contribution in [1.82, 2.24) is 5.32 Å². The molecule has 0 saturated carbocycles. The molecule has 5 nitrogen and oxygen atoms in total. The van der Waals surface area contributed by atoms with Gasteiger partial charge in [0.25, 0.3) is 0 Å². The third-order valence-corrected chi connectivity index (χ3v) is 5.80. The molecule has 0 bridgehead atoms. The highest BCUT2D eigenvalue weighted by Gasteiger charge is 2.20. The molecule has 2 heterocycles. The van der Waals surface area contributed by atoms with Crippen molar-refractivity contribution in [3.63, 3.8) is 0 Å². The molecular formula is C17H24N2O3S. The Balaban J connectivity index is 1.85. The fourth-order valence-corrected chi connectivity index (χ4v) is 4.38. The maximum absolute atomic E-state index is 12.1. The summed E-state index contributed by atoms with van der Waals surface area (Å²) < 4.78 is 32.5. The Morgan fingerprint density at radius 2 is 2.09 bits per heavy atom. The van der Waals surface area contributed by atoms with Crippen molar-refractivity contribution in [3.05, 3.63) is 30.0 Å². The Kier molecular flexibility index (Phi) is 4.92. The second-order valence-electron chi connectivity index (χ2n) is 6.20. The summed E-state index contributed by atoms with van der Waals surface area (Å²) in [5, 5.41) is 4.39. The Labute approximate surface area is 137 Å². The number of sulfonamides is 1. The maximum atomic E-state index is 12.1. The Morgan fingerprint density at radius 1 is 1.30 bits per heavy atom. The van der Waals surface area contributed by atoms with E-state index >= 15 is 0 Å². The number of fused-ring (bicyclic) bond motifs is 1. The first kappa shape index (κ1) is 16.3. The number of anilines is 1. The van der Waals surface area contributed by atoms with Crippen LogP contribution in [0.25, 0.3) is 11.0 Å². The molecule has 6 heteroatoms. The largest absolute Gasteiger partial charge is 0.464 e. The molecule has 1 aliphatic rings. The molecule has 1 aliphatic heterocycles. The van der Waals surface area contributed by atoms with E-state index in [-0.39, 0.29) is 5.75 Å². The van der Waals surface area contributed by atoms with E-state index < -0.39 is 10.0 Å². The first-order valence-electron chi connectivity index (χ1n) is 8.31. The number of piperidine rings is 1. The first-order chi connectivity index (χ1) is 11.1. The zero-order valence-corrected chi connectivity index (χ0v) is 14.3. The lowest BCUT2D eigenvalue weighted by Crippen LogP contribution is -2.26. The Hall–Kier alpha value is -1.53. The summed E-state index contributed by atoms with van der Waals surface area (Å²) in [6, 6.07) is 5.51. The summed E-state index contributed by atoms with van der Waals surface area (Å²) in [5.74, 6) is 0.637. The number of hydrogen-bond acceptors (Lipinski definition) is 4. The van der Waals surface area contributed by atoms with Crippen LogP contribution in [0.4, 0.5) is 5.69 Å². The van der Waals surface area contributed by atoms with Gasteiger partial charge in [0.1, 0.15) is 5.58 Å². The van der Waals surface area contributed by atoms with Crippen molar-refractivity contribution in [2.24, 2.45) is 0 Å². The van der Waals surface area contributed by atoms with Gasteiger partial charge in [0.15, 0.2) is 0 Å². The van der Waals surface area contributed by atoms with Gasteiger partial charge in [0.2, 0.25) is 10.0 Å². The molecule has 0 atom stereocenters. The molecule has 1 saturated heterocycles. The molecule has 0 aliphatic carbocycles. The highest BCUT2D eigenvalue weighted by atomic mass is 32.2. The Morgan fingerprint density at radius 3 is 2.83 bits per heavy atom. The van der Waals surface area contributed by atoms with Crippen LogP contribution in [-0.4, -0.2) is 27.3 Å². The van der Waals surface area contributed by atoms with Gasteiger partial charge in [-0.2, -0.15) is 0 Å². The van der Waals surface area contributed by atoms with Gasteiger partial charge >= 0.3 is 0 Å². The van der Waals surface area contributed by atoms with Crippen LogP contribution in [0, 0.1) is 0 Å². The minimum absolute atomic E-state index is 0.161. The van der Waals surface area contributed by atoms with Gasteiger partial charge in [-0.05, 0) is 56.5 Å². The van der Waals surface area contributed by atoms with E-state index in [0.717, 1.165) is 43.3 Å². The second kappa shape index (κ2) is 6.93. The lowest BCUT2D eigenvalue weighted by atomic mass is 9.90. The SMILES string of the molecule is CCCCS(=O)(=O)Nc1ccc2occ(C3CCNCC3)c2c1. The van der Waals surface area contributed by atoms with Gasteiger partial charge < -0.3 is 9.73 Å². The Bertz CT molecular complexity index is 761. The molecule has 0 spiro atoms. The van der Waals surface area contributed by atoms with Crippen LogP contribution in [0.5, 0.6) is 0 Å². The number of nitrogens with one attached hydrogen (secondary N) is 2. The monoisotopic (exact) mass is 336 g/mol. The third-order valence-electron chi connectivity index (χ3n) is 4.42. The van der Waals surface area contributed by atoms with Crippen molar-refractivity contribution < 1.29 is 12.8 Å². The van der Waals surface area contributed by atoms with E-state index in [0.29, 0.717) is 18.0 Å². The molecule has 1 aromatic heterocycles. The van der Waals surface area contributed by atoms with Crippen LogP contribution >= 0.6 is 0 Å². The van der Waals surface area contributed by atoms with Crippen LogP contribution in [0.15, 0.2) is 28.9 Å². The smallest absolute Gasteiger partial charge is 0.232 e. The zero-order chi connectivity index (χ0) is 16.3. The average Bonchev–Trinajstić information content (AvgIpc) is 2.96. The summed E-state index contributed by atoms with van der Waals surface area (Å²) >= 11 is 0. The molecule has 2 aromatic rings. The van der Waals surface area contributed by atoms with Gasteiger partial charge in [-0.15, -0.1) is 0 Å². The van der Waals surface area contributed by atoms with Crippen molar-refractivity contribution >= 4 is 26.7 Å². The van der Waals surface area contributed by atoms with Crippen LogP contribution in [0.2, 0.25) is 0 Å². The molecule has 2 N–H and O–H groups in total. The summed E-state index contributed by atoms with van der Waals surface area (Å²) in [4.78, 5) is 0. The highest BCUT2D eigenvalue weighted by molar-refractivity contribution is 7.92. The van der Waals surface area contributed by atoms with E-state index in [1.54, 1.807) is 6.07 Å². The molecule has 0 radical (unpaired) electrons. The zero-order valence-electron chi connectivity index (χ0n) is 13.5. The molecule has 0 amide bonds. The fourth-order valence-electron chi connectivity index (χ4n) is 3.13. The lowest BCUT2D eigenvalue weighted by Gasteiger charge is -2.21. The number of benzene rings is 1. The average molecular weight is 336 g/mol. The number of hydrogen-bond donors (Lipinski definition) is 2. The lowest BCUT2D eigenvalue weighted by molar-refractivity contribution is 0.457. The minimum atomic E-state index is -3.28. The summed E-state index contributed by atoms with van der Waals surface area (Å²) in [7, 11) is -3.28. The van der Waals surface area contributed by atoms with E-state index in [9.17, 15) is 8.42 Å². The molecule has 0 unspecified atom stereocenters. The van der Waals surface area contributed by atoms with Crippen LogP contribution in [0.3, 0.4) is 0 Å². The van der Waals surface area contributed by atoms with Crippen LogP contribution < -0.4 is 10.0 Å². The van der Waals surface area contributed by atoms with E-state index in [4.69, 9.17) is 4.42 Å². The van der Waals surface area contributed by atoms with Gasteiger partial charge in [-0.3, -0.25) is 4.72 Å². The molecule has 126 valence electrons. The van der Waals surface area contributed by atoms with Crippen molar-refractivity contribution in [1.29, 1.82) is 0 Å². The standard InChI is InChI=1S/C17H24N2O3S/c1-2-3-10-23(20,21)19-14-4-5-17-15(11-14)16(12-22-17)13-6-8-18-9-7-13/h4-5,11-13,18-19H,2-3,6-10H2,1H3. The van der Waals surface area contributed by atoms with Gasteiger partial charge in [-0.25, -0.2) is 8.42 Å². The van der Waals surface area contributed by atoms with E-state index in [2.05, 4.69) is 10.0 Å². The van der Waals surface area contributed by atoms with Gasteiger partial charge in [0.05, 0.1) is 12.0 Å². The molecule has 3 rings (SSSR count). The summed E-state index contributed by atoms with van der Waals surface area (Å²) in [6.45, 7) is 4.01. The summed E-state index contributed by atoms with van der Waals surface area (Å²) in [6.07, 6.45) is 5.53. The topological polar surface area (TPSA) is 71.3 Å². The predicted octanol–water partition coefficient (Wildman–Crippen LogP) is 3.44. The molecule has 23 heavy (non-hydrogen) atoms. The van der Waals surface area contributed by atoms with Gasteiger partial charge in [-0.1, -0.05) is 13.3 Å². The van der Waals surface area contributed by atoms with Crippen molar-refractivity contribution in [2.75, 3.05) is 23.6 Å². The molecular weight excluding hydrogens is 312 g/mol. The number of rotatable bonds is 6. The van der Waals surface area contributed by atoms with E-state index in [1.165, 1.54) is 5.56 Å². The number of unbranched alkanes of at least 4 members (excludes halogenated alkanes) is 1. The van der Waals surface area contributed by atoms with Crippen molar-refractivity contribution in [3.8, 4) is 0 Å². The molecule has 1 aromatic carbocycles. The van der Waals surface area contributed by atoms with Crippen LogP contribution in [0.1, 0.15) is 44.1 Å². The minimum Gasteiger partial charge on any atom is -0.464 e. The molecule has 1 fully saturated rings. The predicted molar refractivity (Wildman–Crippen MR) is 93.4 cm³/mol. The highest BCUT2D eigenvalue weighted by Crippen LogP contribution is 2.34. The van der Waals surface area contributed by atoms with E-state index in [1.807, 2.05) is 25.3 Å².